The fourth-order valence-corrected chi connectivity index (χ4v) is 1.93. The van der Waals surface area contributed by atoms with Gasteiger partial charge in [0.05, 0.1) is 6.61 Å². The van der Waals surface area contributed by atoms with Gasteiger partial charge in [0.2, 0.25) is 0 Å². The van der Waals surface area contributed by atoms with E-state index in [0.29, 0.717) is 24.5 Å². The van der Waals surface area contributed by atoms with Gasteiger partial charge in [-0.25, -0.2) is 0 Å². The highest BCUT2D eigenvalue weighted by Gasteiger charge is 2.07. The summed E-state index contributed by atoms with van der Waals surface area (Å²) in [5, 5.41) is 2.87. The van der Waals surface area contributed by atoms with Crippen LogP contribution in [-0.4, -0.2) is 12.5 Å². The molecule has 0 aliphatic heterocycles. The lowest BCUT2D eigenvalue weighted by atomic mass is 10.1. The molecule has 0 fully saturated rings. The van der Waals surface area contributed by atoms with Gasteiger partial charge in [-0.1, -0.05) is 25.1 Å². The molecule has 4 heteroatoms. The fraction of sp³-hybridized carbons (Fsp3) is 0.235. The average molecular weight is 284 g/mol. The quantitative estimate of drug-likeness (QED) is 0.856. The number of ether oxygens (including phenoxy) is 1. The molecule has 3 N–H and O–H groups in total. The summed E-state index contributed by atoms with van der Waals surface area (Å²) >= 11 is 0. The number of nitrogens with two attached hydrogens (primary N) is 1. The van der Waals surface area contributed by atoms with E-state index in [1.165, 1.54) is 0 Å². The predicted molar refractivity (Wildman–Crippen MR) is 84.5 cm³/mol. The van der Waals surface area contributed by atoms with Crippen LogP contribution in [0.4, 0.5) is 5.69 Å². The first-order valence-corrected chi connectivity index (χ1v) is 7.06. The maximum absolute atomic E-state index is 12.2. The fourth-order valence-electron chi connectivity index (χ4n) is 1.93. The third-order valence-corrected chi connectivity index (χ3v) is 2.99. The SMILES string of the molecule is CCCOc1cccc(C(=O)Nc2cccc(CN)c2)c1. The molecule has 1 amide bonds. The standard InChI is InChI=1S/C17H20N2O2/c1-2-9-21-16-8-4-6-14(11-16)17(20)19-15-7-3-5-13(10-15)12-18/h3-8,10-11H,2,9,12,18H2,1H3,(H,19,20). The van der Waals surface area contributed by atoms with E-state index in [1.807, 2.05) is 43.3 Å². The molecule has 0 spiro atoms. The van der Waals surface area contributed by atoms with Gasteiger partial charge in [-0.2, -0.15) is 0 Å². The monoisotopic (exact) mass is 284 g/mol. The first-order valence-electron chi connectivity index (χ1n) is 7.06. The zero-order valence-electron chi connectivity index (χ0n) is 12.1. The van der Waals surface area contributed by atoms with Gasteiger partial charge in [0.25, 0.3) is 5.91 Å². The molecule has 21 heavy (non-hydrogen) atoms. The Balaban J connectivity index is 2.08. The minimum absolute atomic E-state index is 0.161. The van der Waals surface area contributed by atoms with Crippen LogP contribution in [0, 0.1) is 0 Å². The van der Waals surface area contributed by atoms with Crippen molar-refractivity contribution in [2.75, 3.05) is 11.9 Å². The lowest BCUT2D eigenvalue weighted by molar-refractivity contribution is 0.102. The Morgan fingerprint density at radius 3 is 2.76 bits per heavy atom. The maximum atomic E-state index is 12.2. The van der Waals surface area contributed by atoms with Crippen LogP contribution in [0.1, 0.15) is 29.3 Å². The van der Waals surface area contributed by atoms with E-state index in [-0.39, 0.29) is 5.91 Å². The van der Waals surface area contributed by atoms with Gasteiger partial charge in [0.15, 0.2) is 0 Å². The highest BCUT2D eigenvalue weighted by Crippen LogP contribution is 2.16. The second-order valence-electron chi connectivity index (χ2n) is 4.73. The number of rotatable bonds is 6. The van der Waals surface area contributed by atoms with E-state index < -0.39 is 0 Å². The van der Waals surface area contributed by atoms with Gasteiger partial charge in [0, 0.05) is 17.8 Å². The van der Waals surface area contributed by atoms with Gasteiger partial charge in [-0.3, -0.25) is 4.79 Å². The Labute approximate surface area is 124 Å². The van der Waals surface area contributed by atoms with Crippen molar-refractivity contribution in [3.05, 3.63) is 59.7 Å². The van der Waals surface area contributed by atoms with Crippen LogP contribution in [0.25, 0.3) is 0 Å². The second-order valence-corrected chi connectivity index (χ2v) is 4.73. The molecular formula is C17H20N2O2. The molecule has 0 aliphatic carbocycles. The molecule has 0 bridgehead atoms. The van der Waals surface area contributed by atoms with Crippen molar-refractivity contribution in [1.82, 2.24) is 0 Å². The molecule has 0 aromatic heterocycles. The van der Waals surface area contributed by atoms with Crippen LogP contribution < -0.4 is 15.8 Å². The zero-order valence-corrected chi connectivity index (χ0v) is 12.1. The number of hydrogen-bond donors (Lipinski definition) is 2. The molecule has 0 saturated heterocycles. The van der Waals surface area contributed by atoms with Gasteiger partial charge in [0.1, 0.15) is 5.75 Å². The van der Waals surface area contributed by atoms with Crippen molar-refractivity contribution in [2.24, 2.45) is 5.73 Å². The van der Waals surface area contributed by atoms with E-state index in [1.54, 1.807) is 12.1 Å². The molecule has 0 atom stereocenters. The van der Waals surface area contributed by atoms with Gasteiger partial charge in [-0.05, 0) is 42.3 Å². The molecule has 0 radical (unpaired) electrons. The van der Waals surface area contributed by atoms with Crippen LogP contribution >= 0.6 is 0 Å². The Hall–Kier alpha value is -2.33. The normalized spacial score (nSPS) is 10.2. The van der Waals surface area contributed by atoms with Crippen molar-refractivity contribution >= 4 is 11.6 Å². The van der Waals surface area contributed by atoms with Crippen molar-refractivity contribution in [1.29, 1.82) is 0 Å². The maximum Gasteiger partial charge on any atom is 0.255 e. The molecule has 2 aromatic carbocycles. The highest BCUT2D eigenvalue weighted by atomic mass is 16.5. The molecular weight excluding hydrogens is 264 g/mol. The van der Waals surface area contributed by atoms with Crippen LogP contribution in [0.2, 0.25) is 0 Å². The Morgan fingerprint density at radius 1 is 1.19 bits per heavy atom. The van der Waals surface area contributed by atoms with E-state index in [0.717, 1.165) is 17.7 Å². The third-order valence-electron chi connectivity index (χ3n) is 2.99. The number of amides is 1. The number of carbonyl (C=O) groups excluding carboxylic acids is 1. The van der Waals surface area contributed by atoms with Crippen molar-refractivity contribution in [2.45, 2.75) is 19.9 Å². The molecule has 0 aliphatic rings. The summed E-state index contributed by atoms with van der Waals surface area (Å²) < 4.78 is 5.54. The minimum atomic E-state index is -0.161. The first kappa shape index (κ1) is 15.1. The van der Waals surface area contributed by atoms with Crippen molar-refractivity contribution in [3.63, 3.8) is 0 Å². The lowest BCUT2D eigenvalue weighted by Gasteiger charge is -2.09. The number of hydrogen-bond acceptors (Lipinski definition) is 3. The zero-order chi connectivity index (χ0) is 15.1. The first-order chi connectivity index (χ1) is 10.2. The second kappa shape index (κ2) is 7.45. The Morgan fingerprint density at radius 2 is 2.00 bits per heavy atom. The van der Waals surface area contributed by atoms with Crippen LogP contribution in [0.15, 0.2) is 48.5 Å². The summed E-state index contributed by atoms with van der Waals surface area (Å²) in [5.41, 5.74) is 7.89. The summed E-state index contributed by atoms with van der Waals surface area (Å²) in [6.07, 6.45) is 0.933. The minimum Gasteiger partial charge on any atom is -0.494 e. The summed E-state index contributed by atoms with van der Waals surface area (Å²) in [6.45, 7) is 3.13. The molecule has 2 rings (SSSR count). The molecule has 110 valence electrons. The number of benzene rings is 2. The molecule has 0 heterocycles. The molecule has 2 aromatic rings. The summed E-state index contributed by atoms with van der Waals surface area (Å²) in [7, 11) is 0. The highest BCUT2D eigenvalue weighted by molar-refractivity contribution is 6.04. The number of carbonyl (C=O) groups is 1. The topological polar surface area (TPSA) is 64.3 Å². The number of nitrogens with one attached hydrogen (secondary N) is 1. The van der Waals surface area contributed by atoms with Gasteiger partial charge >= 0.3 is 0 Å². The van der Waals surface area contributed by atoms with Crippen LogP contribution in [0.5, 0.6) is 5.75 Å². The predicted octanol–water partition coefficient (Wildman–Crippen LogP) is 3.19. The lowest BCUT2D eigenvalue weighted by Crippen LogP contribution is -2.12. The van der Waals surface area contributed by atoms with E-state index in [9.17, 15) is 4.79 Å². The summed E-state index contributed by atoms with van der Waals surface area (Å²) in [5.74, 6) is 0.548. The number of anilines is 1. The third kappa shape index (κ3) is 4.33. The van der Waals surface area contributed by atoms with E-state index in [4.69, 9.17) is 10.5 Å². The van der Waals surface area contributed by atoms with Crippen molar-refractivity contribution in [3.8, 4) is 5.75 Å². The van der Waals surface area contributed by atoms with E-state index in [2.05, 4.69) is 5.32 Å². The molecule has 0 saturated carbocycles. The van der Waals surface area contributed by atoms with Crippen molar-refractivity contribution < 1.29 is 9.53 Å². The van der Waals surface area contributed by atoms with Crippen LogP contribution in [-0.2, 0) is 6.54 Å². The largest absolute Gasteiger partial charge is 0.494 e. The molecule has 0 unspecified atom stereocenters. The smallest absolute Gasteiger partial charge is 0.255 e. The molecule has 4 nitrogen and oxygen atoms in total. The van der Waals surface area contributed by atoms with E-state index >= 15 is 0 Å². The van der Waals surface area contributed by atoms with Gasteiger partial charge in [-0.15, -0.1) is 0 Å². The summed E-state index contributed by atoms with van der Waals surface area (Å²) in [4.78, 5) is 12.2. The summed E-state index contributed by atoms with van der Waals surface area (Å²) in [6, 6.07) is 14.7. The van der Waals surface area contributed by atoms with Gasteiger partial charge < -0.3 is 15.8 Å². The Bertz CT molecular complexity index is 611. The Kier molecular flexibility index (Phi) is 5.35. The van der Waals surface area contributed by atoms with Crippen LogP contribution in [0.3, 0.4) is 0 Å². The average Bonchev–Trinajstić information content (AvgIpc) is 2.53.